The van der Waals surface area contributed by atoms with E-state index in [0.29, 0.717) is 10.7 Å². The SMILES string of the molecule is COC(=O)Cc1ccc(N)c(Cl)c1.Cl. The highest BCUT2D eigenvalue weighted by atomic mass is 35.5. The van der Waals surface area contributed by atoms with Gasteiger partial charge in [0.05, 0.1) is 24.2 Å². The van der Waals surface area contributed by atoms with Gasteiger partial charge in [-0.2, -0.15) is 0 Å². The topological polar surface area (TPSA) is 52.3 Å². The normalized spacial score (nSPS) is 9.00. The summed E-state index contributed by atoms with van der Waals surface area (Å²) in [4.78, 5) is 10.9. The van der Waals surface area contributed by atoms with Crippen LogP contribution in [0.15, 0.2) is 18.2 Å². The number of nitrogen functional groups attached to an aromatic ring is 1. The lowest BCUT2D eigenvalue weighted by molar-refractivity contribution is -0.139. The molecule has 14 heavy (non-hydrogen) atoms. The average molecular weight is 236 g/mol. The highest BCUT2D eigenvalue weighted by Gasteiger charge is 2.04. The van der Waals surface area contributed by atoms with Crippen LogP contribution >= 0.6 is 24.0 Å². The van der Waals surface area contributed by atoms with Crippen LogP contribution in [0, 0.1) is 0 Å². The van der Waals surface area contributed by atoms with Gasteiger partial charge in [0.2, 0.25) is 0 Å². The summed E-state index contributed by atoms with van der Waals surface area (Å²) in [6.07, 6.45) is 0.219. The van der Waals surface area contributed by atoms with E-state index in [1.807, 2.05) is 0 Å². The number of carbonyl (C=O) groups is 1. The summed E-state index contributed by atoms with van der Waals surface area (Å²) >= 11 is 5.76. The van der Waals surface area contributed by atoms with Crippen molar-refractivity contribution in [3.8, 4) is 0 Å². The van der Waals surface area contributed by atoms with E-state index in [1.165, 1.54) is 7.11 Å². The summed E-state index contributed by atoms with van der Waals surface area (Å²) in [5, 5.41) is 0.460. The van der Waals surface area contributed by atoms with Crippen molar-refractivity contribution in [3.63, 3.8) is 0 Å². The number of nitrogens with two attached hydrogens (primary N) is 1. The van der Waals surface area contributed by atoms with Crippen molar-refractivity contribution >= 4 is 35.7 Å². The summed E-state index contributed by atoms with van der Waals surface area (Å²) in [6.45, 7) is 0. The third kappa shape index (κ3) is 3.44. The highest BCUT2D eigenvalue weighted by molar-refractivity contribution is 6.33. The molecule has 0 saturated carbocycles. The van der Waals surface area contributed by atoms with Gasteiger partial charge in [-0.3, -0.25) is 4.79 Å². The zero-order valence-electron chi connectivity index (χ0n) is 7.62. The number of anilines is 1. The standard InChI is InChI=1S/C9H10ClNO2.ClH/c1-13-9(12)5-6-2-3-8(11)7(10)4-6;/h2-4H,5,11H2,1H3;1H. The zero-order valence-corrected chi connectivity index (χ0v) is 9.19. The maximum atomic E-state index is 10.9. The smallest absolute Gasteiger partial charge is 0.309 e. The fourth-order valence-electron chi connectivity index (χ4n) is 0.919. The maximum absolute atomic E-state index is 10.9. The molecule has 2 N–H and O–H groups in total. The van der Waals surface area contributed by atoms with Crippen LogP contribution in [-0.4, -0.2) is 13.1 Å². The Morgan fingerprint density at radius 1 is 1.57 bits per heavy atom. The van der Waals surface area contributed by atoms with Crippen LogP contribution in [0.3, 0.4) is 0 Å². The summed E-state index contributed by atoms with van der Waals surface area (Å²) in [5.41, 5.74) is 6.81. The number of carbonyl (C=O) groups excluding carboxylic acids is 1. The van der Waals surface area contributed by atoms with Gasteiger partial charge in [-0.25, -0.2) is 0 Å². The van der Waals surface area contributed by atoms with Crippen LogP contribution in [0.25, 0.3) is 0 Å². The first-order valence-electron chi connectivity index (χ1n) is 3.74. The number of halogens is 2. The first-order chi connectivity index (χ1) is 6.13. The second-order valence-electron chi connectivity index (χ2n) is 2.61. The van der Waals surface area contributed by atoms with Crippen LogP contribution in [0.1, 0.15) is 5.56 Å². The van der Waals surface area contributed by atoms with Crippen molar-refractivity contribution < 1.29 is 9.53 Å². The second kappa shape index (κ2) is 5.73. The average Bonchev–Trinajstić information content (AvgIpc) is 2.11. The first kappa shape index (κ1) is 13.1. The molecule has 78 valence electrons. The molecule has 0 unspecified atom stereocenters. The Kier molecular flexibility index (Phi) is 5.35. The van der Waals surface area contributed by atoms with E-state index in [1.54, 1.807) is 18.2 Å². The van der Waals surface area contributed by atoms with Crippen LogP contribution in [0.2, 0.25) is 5.02 Å². The van der Waals surface area contributed by atoms with E-state index in [0.717, 1.165) is 5.56 Å². The van der Waals surface area contributed by atoms with Gasteiger partial charge in [0.1, 0.15) is 0 Å². The van der Waals surface area contributed by atoms with E-state index in [-0.39, 0.29) is 24.8 Å². The number of hydrogen-bond acceptors (Lipinski definition) is 3. The molecule has 0 amide bonds. The molecule has 0 aliphatic carbocycles. The van der Waals surface area contributed by atoms with E-state index in [4.69, 9.17) is 17.3 Å². The molecule has 0 aliphatic heterocycles. The lowest BCUT2D eigenvalue weighted by Crippen LogP contribution is -2.04. The molecule has 0 saturated heterocycles. The Labute approximate surface area is 93.6 Å². The van der Waals surface area contributed by atoms with Crippen molar-refractivity contribution in [1.29, 1.82) is 0 Å². The highest BCUT2D eigenvalue weighted by Crippen LogP contribution is 2.19. The van der Waals surface area contributed by atoms with E-state index < -0.39 is 0 Å². The van der Waals surface area contributed by atoms with Crippen molar-refractivity contribution in [2.45, 2.75) is 6.42 Å². The molecule has 0 radical (unpaired) electrons. The minimum Gasteiger partial charge on any atom is -0.469 e. The minimum absolute atomic E-state index is 0. The fraction of sp³-hybridized carbons (Fsp3) is 0.222. The van der Waals surface area contributed by atoms with Crippen LogP contribution < -0.4 is 5.73 Å². The molecule has 0 spiro atoms. The summed E-state index contributed by atoms with van der Waals surface area (Å²) < 4.78 is 4.51. The van der Waals surface area contributed by atoms with Crippen LogP contribution in [0.4, 0.5) is 5.69 Å². The monoisotopic (exact) mass is 235 g/mol. The predicted octanol–water partition coefficient (Wildman–Crippen LogP) is 2.06. The number of methoxy groups -OCH3 is 1. The van der Waals surface area contributed by atoms with E-state index >= 15 is 0 Å². The van der Waals surface area contributed by atoms with Crippen molar-refractivity contribution in [2.24, 2.45) is 0 Å². The molecule has 0 fully saturated rings. The van der Waals surface area contributed by atoms with Gasteiger partial charge in [-0.05, 0) is 17.7 Å². The fourth-order valence-corrected chi connectivity index (χ4v) is 1.12. The summed E-state index contributed by atoms with van der Waals surface area (Å²) in [5.74, 6) is -0.291. The zero-order chi connectivity index (χ0) is 9.84. The Morgan fingerprint density at radius 3 is 2.71 bits per heavy atom. The molecular weight excluding hydrogens is 225 g/mol. The van der Waals surface area contributed by atoms with E-state index in [9.17, 15) is 4.79 Å². The minimum atomic E-state index is -0.291. The molecule has 0 bridgehead atoms. The Bertz CT molecular complexity index is 329. The predicted molar refractivity (Wildman–Crippen MR) is 58.8 cm³/mol. The third-order valence-corrected chi connectivity index (χ3v) is 1.97. The molecule has 0 aliphatic rings. The van der Waals surface area contributed by atoms with Crippen molar-refractivity contribution in [2.75, 3.05) is 12.8 Å². The maximum Gasteiger partial charge on any atom is 0.309 e. The molecule has 1 rings (SSSR count). The van der Waals surface area contributed by atoms with Gasteiger partial charge in [0, 0.05) is 0 Å². The molecule has 0 heterocycles. The lowest BCUT2D eigenvalue weighted by atomic mass is 10.1. The van der Waals surface area contributed by atoms with Gasteiger partial charge >= 0.3 is 5.97 Å². The quantitative estimate of drug-likeness (QED) is 0.631. The Balaban J connectivity index is 0.00000169. The number of benzene rings is 1. The summed E-state index contributed by atoms with van der Waals surface area (Å²) in [6, 6.07) is 5.08. The van der Waals surface area contributed by atoms with Crippen LogP contribution in [-0.2, 0) is 16.0 Å². The molecular formula is C9H11Cl2NO2. The molecule has 0 atom stereocenters. The molecule has 0 aromatic heterocycles. The van der Waals surface area contributed by atoms with Gasteiger partial charge in [-0.15, -0.1) is 12.4 Å². The Morgan fingerprint density at radius 2 is 2.21 bits per heavy atom. The number of esters is 1. The van der Waals surface area contributed by atoms with E-state index in [2.05, 4.69) is 4.74 Å². The van der Waals surface area contributed by atoms with Gasteiger partial charge in [-0.1, -0.05) is 17.7 Å². The van der Waals surface area contributed by atoms with Crippen molar-refractivity contribution in [1.82, 2.24) is 0 Å². The lowest BCUT2D eigenvalue weighted by Gasteiger charge is -2.02. The number of rotatable bonds is 2. The largest absolute Gasteiger partial charge is 0.469 e. The number of ether oxygens (including phenoxy) is 1. The molecule has 1 aromatic rings. The summed E-state index contributed by atoms with van der Waals surface area (Å²) in [7, 11) is 1.35. The number of hydrogen-bond donors (Lipinski definition) is 1. The van der Waals surface area contributed by atoms with Crippen molar-refractivity contribution in [3.05, 3.63) is 28.8 Å². The Hall–Kier alpha value is -0.930. The molecule has 5 heteroatoms. The molecule has 1 aromatic carbocycles. The first-order valence-corrected chi connectivity index (χ1v) is 4.12. The second-order valence-corrected chi connectivity index (χ2v) is 3.02. The molecule has 3 nitrogen and oxygen atoms in total. The van der Waals surface area contributed by atoms with Gasteiger partial charge in [0.25, 0.3) is 0 Å². The van der Waals surface area contributed by atoms with Gasteiger partial charge < -0.3 is 10.5 Å². The third-order valence-electron chi connectivity index (χ3n) is 1.64. The van der Waals surface area contributed by atoms with Gasteiger partial charge in [0.15, 0.2) is 0 Å². The van der Waals surface area contributed by atoms with Crippen LogP contribution in [0.5, 0.6) is 0 Å².